The summed E-state index contributed by atoms with van der Waals surface area (Å²) in [4.78, 5) is 25.9. The van der Waals surface area contributed by atoms with Gasteiger partial charge < -0.3 is 62.0 Å². The maximum absolute atomic E-state index is 14.6. The molecule has 0 aromatic heterocycles. The number of methoxy groups -OCH3 is 5. The predicted molar refractivity (Wildman–Crippen MR) is 308 cm³/mol. The van der Waals surface area contributed by atoms with Crippen LogP contribution < -0.4 is 5.32 Å². The summed E-state index contributed by atoms with van der Waals surface area (Å²) in [6.45, 7) is 13.8. The van der Waals surface area contributed by atoms with Crippen LogP contribution >= 0.6 is 7.82 Å². The predicted octanol–water partition coefficient (Wildman–Crippen LogP) is 13.8. The second-order valence-electron chi connectivity index (χ2n) is 22.5. The minimum absolute atomic E-state index is 0.177. The monoisotopic (exact) mass is 1140 g/mol. The molecule has 0 saturated heterocycles. The molecule has 2 N–H and O–H groups in total. The van der Waals surface area contributed by atoms with Crippen molar-refractivity contribution < 1.29 is 75.1 Å². The van der Waals surface area contributed by atoms with Gasteiger partial charge in [0.2, 0.25) is 5.91 Å². The lowest BCUT2D eigenvalue weighted by atomic mass is 9.84. The maximum Gasteiger partial charge on any atom is 0.472 e. The zero-order valence-electron chi connectivity index (χ0n) is 50.8. The molecule has 3 unspecified atom stereocenters. The van der Waals surface area contributed by atoms with E-state index >= 15 is 0 Å². The normalized spacial score (nSPS) is 20.9. The molecule has 1 rings (SSSR count). The molecular weight excluding hydrogens is 1030 g/mol. The van der Waals surface area contributed by atoms with Crippen LogP contribution in [0.1, 0.15) is 214 Å². The molecule has 0 aromatic carbocycles. The third kappa shape index (κ3) is 34.3. The molecule has 19 heteroatoms. The van der Waals surface area contributed by atoms with E-state index in [2.05, 4.69) is 59.1 Å². The highest BCUT2D eigenvalue weighted by molar-refractivity contribution is 7.47. The van der Waals surface area contributed by atoms with Crippen LogP contribution in [0.3, 0.4) is 0 Å². The number of amides is 1. The lowest BCUT2D eigenvalue weighted by Gasteiger charge is -2.49. The first-order valence-electron chi connectivity index (χ1n) is 29.9. The lowest BCUT2D eigenvalue weighted by molar-refractivity contribution is -0.311. The minimum Gasteiger partial charge on any atom is -0.408 e. The molecule has 1 aliphatic carbocycles. The molecular formula is C58H116NO16PSi. The summed E-state index contributed by atoms with van der Waals surface area (Å²) in [6.07, 6.45) is 29.8. The van der Waals surface area contributed by atoms with Gasteiger partial charge in [0.1, 0.15) is 70.6 Å². The van der Waals surface area contributed by atoms with E-state index in [1.807, 2.05) is 6.08 Å². The third-order valence-electron chi connectivity index (χ3n) is 14.8. The first kappa shape index (κ1) is 74.1. The Bertz CT molecular complexity index is 1430. The van der Waals surface area contributed by atoms with Crippen molar-refractivity contribution in [3.8, 4) is 0 Å². The van der Waals surface area contributed by atoms with Crippen molar-refractivity contribution in [1.29, 1.82) is 0 Å². The zero-order valence-corrected chi connectivity index (χ0v) is 52.7. The van der Waals surface area contributed by atoms with Crippen molar-refractivity contribution in [3.63, 3.8) is 0 Å². The van der Waals surface area contributed by atoms with Crippen molar-refractivity contribution in [2.24, 2.45) is 0 Å². The largest absolute Gasteiger partial charge is 0.472 e. The highest BCUT2D eigenvalue weighted by Gasteiger charge is 2.57. The van der Waals surface area contributed by atoms with Crippen LogP contribution in [0.15, 0.2) is 12.2 Å². The molecule has 0 aromatic rings. The molecule has 458 valence electrons. The van der Waals surface area contributed by atoms with Crippen LogP contribution in [0.4, 0.5) is 0 Å². The van der Waals surface area contributed by atoms with E-state index in [-0.39, 0.29) is 44.9 Å². The van der Waals surface area contributed by atoms with Gasteiger partial charge in [-0.25, -0.2) is 4.57 Å². The van der Waals surface area contributed by atoms with Crippen LogP contribution in [-0.4, -0.2) is 144 Å². The summed E-state index contributed by atoms with van der Waals surface area (Å²) in [5.74, 6) is -0.184. The van der Waals surface area contributed by atoms with E-state index in [0.717, 1.165) is 44.9 Å². The topological polar surface area (TPSA) is 186 Å². The Kier molecular flexibility index (Phi) is 44.8. The number of ether oxygens (including phenoxy) is 10. The second-order valence-corrected chi connectivity index (χ2v) is 28.7. The number of nitrogens with one attached hydrogen (secondary N) is 1. The van der Waals surface area contributed by atoms with Crippen molar-refractivity contribution in [1.82, 2.24) is 5.32 Å². The van der Waals surface area contributed by atoms with Crippen LogP contribution in [0, 0.1) is 0 Å². The SMILES string of the molecule is CCCCCCCCCCCCC/C=C/[C@@H](O[Si](C)(C)C(C)(C)C)[C@H](COP(=O)(O)OC1[C@H](OCOC)[C@H](OCOC)C(OCOC)[C@H](OCOC)[C@H]1OCOC)NC(=O)CCCCCCCCCCCCCCCCC. The molecule has 9 atom stereocenters. The standard InChI is InChI=1S/C58H116NO16PSi/c1-13-15-17-19-21-23-25-27-28-30-32-34-36-38-40-42-51(60)59-49(50(75-77(11,12)58(3,4)5)41-39-37-35-33-31-29-26-24-22-20-18-16-14-2)43-73-76(61,62)74-57-55(71-47-66-9)53(69-45-64-7)52(68-44-63-6)54(70-46-65-8)56(57)72-48-67-10/h39,41,49-50,52-57H,13-38,40,42-48H2,1-12H3,(H,59,60)(H,61,62)/b41-39+/t49-,50+,52?,53-,54+,55+,56+,57?/m0/s1. The van der Waals surface area contributed by atoms with E-state index in [9.17, 15) is 14.3 Å². The average Bonchev–Trinajstić information content (AvgIpc) is 3.39. The number of phosphoric acid groups is 1. The molecule has 0 bridgehead atoms. The summed E-state index contributed by atoms with van der Waals surface area (Å²) < 4.78 is 91.0. The van der Waals surface area contributed by atoms with Gasteiger partial charge in [-0.1, -0.05) is 201 Å². The van der Waals surface area contributed by atoms with E-state index in [1.54, 1.807) is 0 Å². The first-order chi connectivity index (χ1) is 37.1. The summed E-state index contributed by atoms with van der Waals surface area (Å²) >= 11 is 0. The number of rotatable bonds is 53. The first-order valence-corrected chi connectivity index (χ1v) is 34.3. The summed E-state index contributed by atoms with van der Waals surface area (Å²) in [5.41, 5.74) is 0. The van der Waals surface area contributed by atoms with Crippen molar-refractivity contribution in [2.75, 3.05) is 76.1 Å². The van der Waals surface area contributed by atoms with Gasteiger partial charge in [-0.3, -0.25) is 13.8 Å². The van der Waals surface area contributed by atoms with Crippen molar-refractivity contribution >= 4 is 22.0 Å². The lowest BCUT2D eigenvalue weighted by Crippen LogP contribution is -2.67. The van der Waals surface area contributed by atoms with Crippen LogP contribution in [0.5, 0.6) is 0 Å². The summed E-state index contributed by atoms with van der Waals surface area (Å²) in [5, 5.41) is 3.00. The van der Waals surface area contributed by atoms with Gasteiger partial charge in [0, 0.05) is 42.0 Å². The Balaban J connectivity index is 3.44. The molecule has 77 heavy (non-hydrogen) atoms. The molecule has 0 heterocycles. The quantitative estimate of drug-likeness (QED) is 0.0192. The number of carbonyl (C=O) groups excluding carboxylic acids is 1. The molecule has 0 radical (unpaired) electrons. The van der Waals surface area contributed by atoms with Gasteiger partial charge >= 0.3 is 7.82 Å². The number of carbonyl (C=O) groups is 1. The average molecular weight is 1140 g/mol. The van der Waals surface area contributed by atoms with Gasteiger partial charge in [-0.05, 0) is 37.4 Å². The fourth-order valence-electron chi connectivity index (χ4n) is 9.37. The highest BCUT2D eigenvalue weighted by atomic mass is 31.2. The Labute approximate surface area is 470 Å². The van der Waals surface area contributed by atoms with Crippen LogP contribution in [0.2, 0.25) is 18.1 Å². The molecule has 1 amide bonds. The number of phosphoric ester groups is 1. The molecule has 0 spiro atoms. The number of hydrogen-bond donors (Lipinski definition) is 2. The smallest absolute Gasteiger partial charge is 0.408 e. The second kappa shape index (κ2) is 46.6. The molecule has 0 aliphatic heterocycles. The van der Waals surface area contributed by atoms with E-state index < -0.39 is 71.5 Å². The van der Waals surface area contributed by atoms with Gasteiger partial charge in [-0.2, -0.15) is 0 Å². The fraction of sp³-hybridized carbons (Fsp3) is 0.948. The number of unbranched alkanes of at least 4 members (excludes halogenated alkanes) is 25. The third-order valence-corrected chi connectivity index (χ3v) is 20.3. The van der Waals surface area contributed by atoms with Crippen molar-refractivity contribution in [3.05, 3.63) is 12.2 Å². The fourth-order valence-corrected chi connectivity index (χ4v) is 11.6. The van der Waals surface area contributed by atoms with Crippen molar-refractivity contribution in [2.45, 2.75) is 281 Å². The molecule has 1 fully saturated rings. The van der Waals surface area contributed by atoms with Gasteiger partial charge in [0.05, 0.1) is 18.8 Å². The van der Waals surface area contributed by atoms with E-state index in [4.69, 9.17) is 60.8 Å². The molecule has 17 nitrogen and oxygen atoms in total. The van der Waals surface area contributed by atoms with Crippen LogP contribution in [-0.2, 0) is 70.2 Å². The zero-order chi connectivity index (χ0) is 57.1. The maximum atomic E-state index is 14.6. The molecule has 1 saturated carbocycles. The highest BCUT2D eigenvalue weighted by Crippen LogP contribution is 2.49. The summed E-state index contributed by atoms with van der Waals surface area (Å²) in [7, 11) is -0.326. The van der Waals surface area contributed by atoms with Gasteiger partial charge in [-0.15, -0.1) is 0 Å². The number of allylic oxidation sites excluding steroid dienone is 1. The Morgan fingerprint density at radius 1 is 0.532 bits per heavy atom. The summed E-state index contributed by atoms with van der Waals surface area (Å²) in [6, 6.07) is -0.861. The van der Waals surface area contributed by atoms with Gasteiger partial charge in [0.15, 0.2) is 8.32 Å². The minimum atomic E-state index is -5.08. The Hall–Kier alpha value is -0.903. The number of hydrogen-bond acceptors (Lipinski definition) is 15. The van der Waals surface area contributed by atoms with E-state index in [0.29, 0.717) is 6.42 Å². The molecule has 1 aliphatic rings. The van der Waals surface area contributed by atoms with E-state index in [1.165, 1.54) is 164 Å². The Morgan fingerprint density at radius 3 is 1.19 bits per heavy atom. The van der Waals surface area contributed by atoms with Gasteiger partial charge in [0.25, 0.3) is 0 Å². The Morgan fingerprint density at radius 2 is 0.857 bits per heavy atom. The van der Waals surface area contributed by atoms with Crippen LogP contribution in [0.25, 0.3) is 0 Å².